The molecule has 6 nitrogen and oxygen atoms in total. The number of carbonyl (C=O) groups is 3. The summed E-state index contributed by atoms with van der Waals surface area (Å²) >= 11 is 0. The largest absolute Gasteiger partial charge is 0.462 e. The van der Waals surface area contributed by atoms with Gasteiger partial charge in [-0.1, -0.05) is 259 Å². The molecule has 0 heterocycles. The van der Waals surface area contributed by atoms with E-state index in [0.717, 1.165) is 63.7 Å². The van der Waals surface area contributed by atoms with Crippen molar-refractivity contribution in [2.24, 2.45) is 5.92 Å². The average molecular weight is 835 g/mol. The minimum Gasteiger partial charge on any atom is -0.462 e. The van der Waals surface area contributed by atoms with Crippen LogP contribution >= 0.6 is 0 Å². The second-order valence-corrected chi connectivity index (χ2v) is 18.6. The molecule has 0 saturated heterocycles. The molecule has 0 aliphatic heterocycles. The molecule has 0 unspecified atom stereocenters. The number of unbranched alkanes of at least 4 members (excludes halogenated alkanes) is 35. The van der Waals surface area contributed by atoms with Crippen molar-refractivity contribution in [3.63, 3.8) is 0 Å². The molecule has 0 aliphatic rings. The van der Waals surface area contributed by atoms with Gasteiger partial charge in [-0.25, -0.2) is 0 Å². The predicted molar refractivity (Wildman–Crippen MR) is 252 cm³/mol. The van der Waals surface area contributed by atoms with Gasteiger partial charge >= 0.3 is 17.9 Å². The van der Waals surface area contributed by atoms with Gasteiger partial charge in [-0.3, -0.25) is 14.4 Å². The van der Waals surface area contributed by atoms with Crippen molar-refractivity contribution in [2.45, 2.75) is 303 Å². The average Bonchev–Trinajstić information content (AvgIpc) is 3.22. The minimum atomic E-state index is -0.759. The van der Waals surface area contributed by atoms with Crippen molar-refractivity contribution in [3.8, 4) is 0 Å². The molecule has 0 aliphatic carbocycles. The van der Waals surface area contributed by atoms with E-state index in [9.17, 15) is 14.4 Å². The molecule has 0 aromatic carbocycles. The highest BCUT2D eigenvalue weighted by molar-refractivity contribution is 5.71. The predicted octanol–water partition coefficient (Wildman–Crippen LogP) is 17.1. The Hall–Kier alpha value is -1.59. The Morgan fingerprint density at radius 2 is 0.559 bits per heavy atom. The zero-order valence-corrected chi connectivity index (χ0v) is 40.2. The molecule has 0 radical (unpaired) electrons. The normalized spacial score (nSPS) is 11.9. The molecule has 0 fully saturated rings. The van der Waals surface area contributed by atoms with E-state index >= 15 is 0 Å². The molecular formula is C53H102O6. The molecule has 0 spiro atoms. The van der Waals surface area contributed by atoms with Crippen LogP contribution in [0.2, 0.25) is 0 Å². The van der Waals surface area contributed by atoms with Crippen LogP contribution in [0.15, 0.2) is 0 Å². The Morgan fingerprint density at radius 3 is 0.831 bits per heavy atom. The zero-order valence-electron chi connectivity index (χ0n) is 40.2. The van der Waals surface area contributed by atoms with Crippen LogP contribution in [-0.2, 0) is 28.6 Å². The topological polar surface area (TPSA) is 78.9 Å². The van der Waals surface area contributed by atoms with E-state index in [1.807, 2.05) is 0 Å². The van der Waals surface area contributed by atoms with Gasteiger partial charge in [-0.15, -0.1) is 0 Å². The summed E-state index contributed by atoms with van der Waals surface area (Å²) < 4.78 is 16.8. The van der Waals surface area contributed by atoms with Gasteiger partial charge in [0.15, 0.2) is 6.10 Å². The maximum atomic E-state index is 12.8. The molecule has 6 heteroatoms. The van der Waals surface area contributed by atoms with Crippen LogP contribution in [-0.4, -0.2) is 37.2 Å². The summed E-state index contributed by atoms with van der Waals surface area (Å²) in [5.74, 6) is -0.0187. The fraction of sp³-hybridized carbons (Fsp3) is 0.943. The number of hydrogen-bond donors (Lipinski definition) is 0. The van der Waals surface area contributed by atoms with Crippen LogP contribution in [0.25, 0.3) is 0 Å². The van der Waals surface area contributed by atoms with Crippen molar-refractivity contribution in [2.75, 3.05) is 13.2 Å². The van der Waals surface area contributed by atoms with Gasteiger partial charge in [0.1, 0.15) is 13.2 Å². The van der Waals surface area contributed by atoms with Crippen molar-refractivity contribution in [1.29, 1.82) is 0 Å². The highest BCUT2D eigenvalue weighted by Crippen LogP contribution is 2.17. The smallest absolute Gasteiger partial charge is 0.306 e. The quantitative estimate of drug-likeness (QED) is 0.0345. The fourth-order valence-electron chi connectivity index (χ4n) is 8.04. The van der Waals surface area contributed by atoms with Crippen molar-refractivity contribution in [3.05, 3.63) is 0 Å². The lowest BCUT2D eigenvalue weighted by Crippen LogP contribution is -2.30. The molecule has 0 amide bonds. The second kappa shape index (κ2) is 47.5. The third-order valence-electron chi connectivity index (χ3n) is 12.0. The SMILES string of the molecule is CCCCCCCCCCCCCCCCCCCCCC(=O)OC[C@@H](COC(=O)CCCCCCCCC)OC(=O)CCCCCCCCCCCCCCC(C)C. The van der Waals surface area contributed by atoms with Crippen LogP contribution in [0.3, 0.4) is 0 Å². The first-order chi connectivity index (χ1) is 28.9. The van der Waals surface area contributed by atoms with E-state index in [1.54, 1.807) is 0 Å². The molecule has 0 N–H and O–H groups in total. The maximum absolute atomic E-state index is 12.8. The number of hydrogen-bond acceptors (Lipinski definition) is 6. The first-order valence-corrected chi connectivity index (χ1v) is 26.4. The summed E-state index contributed by atoms with van der Waals surface area (Å²) in [6.07, 6.45) is 49.6. The summed E-state index contributed by atoms with van der Waals surface area (Å²) in [7, 11) is 0. The Bertz CT molecular complexity index is 887. The Kier molecular flexibility index (Phi) is 46.2. The Morgan fingerprint density at radius 1 is 0.322 bits per heavy atom. The Balaban J connectivity index is 4.16. The standard InChI is InChI=1S/C53H102O6/c1-5-7-9-11-13-14-15-16-17-18-19-20-21-22-26-29-33-37-41-45-52(55)58-48-50(47-57-51(54)44-40-36-31-12-10-8-6-2)59-53(56)46-42-38-34-30-27-24-23-25-28-32-35-39-43-49(3)4/h49-50H,5-48H2,1-4H3/t50-/m1/s1. The second-order valence-electron chi connectivity index (χ2n) is 18.6. The van der Waals surface area contributed by atoms with Crippen LogP contribution in [0.5, 0.6) is 0 Å². The molecule has 1 atom stereocenters. The van der Waals surface area contributed by atoms with Gasteiger partial charge in [-0.05, 0) is 25.2 Å². The number of esters is 3. The molecule has 0 aromatic rings. The summed E-state index contributed by atoms with van der Waals surface area (Å²) in [6.45, 7) is 8.99. The van der Waals surface area contributed by atoms with Gasteiger partial charge in [0.05, 0.1) is 0 Å². The summed E-state index contributed by atoms with van der Waals surface area (Å²) in [6, 6.07) is 0. The highest BCUT2D eigenvalue weighted by atomic mass is 16.6. The number of carbonyl (C=O) groups excluding carboxylic acids is 3. The van der Waals surface area contributed by atoms with Crippen molar-refractivity contribution >= 4 is 17.9 Å². The van der Waals surface area contributed by atoms with Gasteiger partial charge in [0.2, 0.25) is 0 Å². The van der Waals surface area contributed by atoms with E-state index in [4.69, 9.17) is 14.2 Å². The van der Waals surface area contributed by atoms with Gasteiger partial charge in [0.25, 0.3) is 0 Å². The van der Waals surface area contributed by atoms with E-state index in [2.05, 4.69) is 27.7 Å². The summed E-state index contributed by atoms with van der Waals surface area (Å²) in [5.41, 5.74) is 0. The van der Waals surface area contributed by atoms with Gasteiger partial charge < -0.3 is 14.2 Å². The molecule has 0 saturated carbocycles. The van der Waals surface area contributed by atoms with Crippen LogP contribution < -0.4 is 0 Å². The van der Waals surface area contributed by atoms with E-state index in [1.165, 1.54) is 193 Å². The summed E-state index contributed by atoms with van der Waals surface area (Å²) in [5, 5.41) is 0. The van der Waals surface area contributed by atoms with Crippen molar-refractivity contribution < 1.29 is 28.6 Å². The van der Waals surface area contributed by atoms with Gasteiger partial charge in [-0.2, -0.15) is 0 Å². The highest BCUT2D eigenvalue weighted by Gasteiger charge is 2.19. The van der Waals surface area contributed by atoms with Crippen LogP contribution in [0.1, 0.15) is 297 Å². The number of ether oxygens (including phenoxy) is 3. The first-order valence-electron chi connectivity index (χ1n) is 26.4. The van der Waals surface area contributed by atoms with E-state index in [0.29, 0.717) is 19.3 Å². The molecule has 350 valence electrons. The lowest BCUT2D eigenvalue weighted by atomic mass is 10.0. The molecule has 0 aromatic heterocycles. The van der Waals surface area contributed by atoms with Gasteiger partial charge in [0, 0.05) is 19.3 Å². The molecule has 59 heavy (non-hydrogen) atoms. The molecular weight excluding hydrogens is 733 g/mol. The molecule has 0 rings (SSSR count). The lowest BCUT2D eigenvalue weighted by molar-refractivity contribution is -0.167. The van der Waals surface area contributed by atoms with Crippen molar-refractivity contribution in [1.82, 2.24) is 0 Å². The zero-order chi connectivity index (χ0) is 43.1. The molecule has 0 bridgehead atoms. The van der Waals surface area contributed by atoms with Crippen LogP contribution in [0, 0.1) is 5.92 Å². The van der Waals surface area contributed by atoms with Crippen LogP contribution in [0.4, 0.5) is 0 Å². The first kappa shape index (κ1) is 57.4. The van der Waals surface area contributed by atoms with E-state index in [-0.39, 0.29) is 31.1 Å². The Labute approximate surface area is 368 Å². The fourth-order valence-corrected chi connectivity index (χ4v) is 8.04. The minimum absolute atomic E-state index is 0.0631. The maximum Gasteiger partial charge on any atom is 0.306 e. The van der Waals surface area contributed by atoms with E-state index < -0.39 is 6.10 Å². The third-order valence-corrected chi connectivity index (χ3v) is 12.0. The summed E-state index contributed by atoms with van der Waals surface area (Å²) in [4.78, 5) is 37.8. The lowest BCUT2D eigenvalue weighted by Gasteiger charge is -2.18. The monoisotopic (exact) mass is 835 g/mol. The third kappa shape index (κ3) is 47.3. The number of rotatable bonds is 48.